The van der Waals surface area contributed by atoms with Crippen LogP contribution in [0.25, 0.3) is 0 Å². The summed E-state index contributed by atoms with van der Waals surface area (Å²) in [6.07, 6.45) is 0. The van der Waals surface area contributed by atoms with Crippen LogP contribution in [-0.2, 0) is 10.0 Å². The van der Waals surface area contributed by atoms with Crippen molar-refractivity contribution in [3.8, 4) is 0 Å². The molecule has 8 heteroatoms. The van der Waals surface area contributed by atoms with Crippen molar-refractivity contribution in [2.24, 2.45) is 0 Å². The number of benzene rings is 3. The van der Waals surface area contributed by atoms with E-state index in [0.29, 0.717) is 16.4 Å². The number of carbonyl (C=O) groups excluding carboxylic acids is 1. The highest BCUT2D eigenvalue weighted by Crippen LogP contribution is 2.28. The van der Waals surface area contributed by atoms with Crippen molar-refractivity contribution in [1.82, 2.24) is 0 Å². The molecule has 3 aromatic rings. The van der Waals surface area contributed by atoms with E-state index in [0.717, 1.165) is 5.56 Å². The first-order chi connectivity index (χ1) is 14.2. The van der Waals surface area contributed by atoms with Crippen molar-refractivity contribution in [3.05, 3.63) is 87.9 Å². The van der Waals surface area contributed by atoms with Crippen molar-refractivity contribution >= 4 is 50.5 Å². The third-order valence-electron chi connectivity index (χ3n) is 4.54. The van der Waals surface area contributed by atoms with E-state index in [1.165, 1.54) is 22.5 Å². The molecular formula is C22H20Cl2N2O3S. The summed E-state index contributed by atoms with van der Waals surface area (Å²) < 4.78 is 27.8. The Kier molecular flexibility index (Phi) is 6.71. The van der Waals surface area contributed by atoms with Gasteiger partial charge in [0.25, 0.3) is 15.9 Å². The first kappa shape index (κ1) is 22.2. The van der Waals surface area contributed by atoms with Crippen molar-refractivity contribution in [2.75, 3.05) is 16.2 Å². The fraction of sp³-hybridized carbons (Fsp3) is 0.136. The Balaban J connectivity index is 1.97. The highest BCUT2D eigenvalue weighted by atomic mass is 35.5. The summed E-state index contributed by atoms with van der Waals surface area (Å²) in [5.74, 6) is -0.509. The Labute approximate surface area is 186 Å². The summed E-state index contributed by atoms with van der Waals surface area (Å²) in [6, 6.07) is 17.9. The number of aryl methyl sites for hydroxylation is 1. The molecule has 0 saturated carbocycles. The van der Waals surface area contributed by atoms with Gasteiger partial charge in [-0.05, 0) is 67.9 Å². The number of nitrogens with zero attached hydrogens (tertiary/aromatic N) is 1. The molecule has 1 N–H and O–H groups in total. The molecule has 0 aliphatic heterocycles. The molecule has 0 heterocycles. The first-order valence-electron chi connectivity index (χ1n) is 9.19. The van der Waals surface area contributed by atoms with Crippen molar-refractivity contribution in [1.29, 1.82) is 0 Å². The monoisotopic (exact) mass is 462 g/mol. The first-order valence-corrected chi connectivity index (χ1v) is 11.4. The maximum absolute atomic E-state index is 13.2. The third-order valence-corrected chi connectivity index (χ3v) is 7.00. The summed E-state index contributed by atoms with van der Waals surface area (Å²) in [6.45, 7) is 3.79. The van der Waals surface area contributed by atoms with Gasteiger partial charge in [0.2, 0.25) is 0 Å². The number of amides is 1. The van der Waals surface area contributed by atoms with Crippen LogP contribution in [-0.4, -0.2) is 20.9 Å². The van der Waals surface area contributed by atoms with E-state index in [-0.39, 0.29) is 22.0 Å². The Morgan fingerprint density at radius 2 is 1.70 bits per heavy atom. The van der Waals surface area contributed by atoms with Gasteiger partial charge in [-0.2, -0.15) is 0 Å². The van der Waals surface area contributed by atoms with E-state index >= 15 is 0 Å². The third kappa shape index (κ3) is 4.61. The van der Waals surface area contributed by atoms with Gasteiger partial charge < -0.3 is 5.32 Å². The molecule has 0 unspecified atom stereocenters. The molecule has 0 radical (unpaired) electrons. The normalized spacial score (nSPS) is 11.2. The van der Waals surface area contributed by atoms with Crippen LogP contribution in [0.3, 0.4) is 0 Å². The topological polar surface area (TPSA) is 66.5 Å². The lowest BCUT2D eigenvalue weighted by molar-refractivity contribution is 0.102. The number of hydrogen-bond donors (Lipinski definition) is 1. The smallest absolute Gasteiger partial charge is 0.264 e. The van der Waals surface area contributed by atoms with E-state index in [9.17, 15) is 13.2 Å². The number of anilines is 2. The lowest BCUT2D eigenvalue weighted by Crippen LogP contribution is -2.31. The van der Waals surface area contributed by atoms with Gasteiger partial charge in [0.1, 0.15) is 0 Å². The molecule has 3 rings (SSSR count). The van der Waals surface area contributed by atoms with Crippen LogP contribution < -0.4 is 9.62 Å². The second-order valence-corrected chi connectivity index (χ2v) is 9.27. The van der Waals surface area contributed by atoms with Crippen LogP contribution in [0.1, 0.15) is 22.8 Å². The predicted octanol–water partition coefficient (Wildman–Crippen LogP) is 5.77. The second-order valence-electron chi connectivity index (χ2n) is 6.56. The molecule has 0 saturated heterocycles. The minimum Gasteiger partial charge on any atom is -0.322 e. The zero-order valence-electron chi connectivity index (χ0n) is 16.4. The molecule has 0 aliphatic rings. The predicted molar refractivity (Wildman–Crippen MR) is 122 cm³/mol. The van der Waals surface area contributed by atoms with E-state index < -0.39 is 15.9 Å². The second kappa shape index (κ2) is 9.08. The van der Waals surface area contributed by atoms with Crippen LogP contribution in [0.2, 0.25) is 10.0 Å². The van der Waals surface area contributed by atoms with Crippen LogP contribution in [0.15, 0.2) is 71.6 Å². The van der Waals surface area contributed by atoms with Crippen molar-refractivity contribution in [2.45, 2.75) is 18.7 Å². The van der Waals surface area contributed by atoms with E-state index in [4.69, 9.17) is 23.2 Å². The maximum atomic E-state index is 13.2. The Morgan fingerprint density at radius 1 is 1.00 bits per heavy atom. The average Bonchev–Trinajstić information content (AvgIpc) is 2.71. The maximum Gasteiger partial charge on any atom is 0.264 e. The summed E-state index contributed by atoms with van der Waals surface area (Å²) in [7, 11) is -3.89. The molecule has 0 fully saturated rings. The van der Waals surface area contributed by atoms with E-state index in [1.807, 2.05) is 13.0 Å². The summed E-state index contributed by atoms with van der Waals surface area (Å²) in [4.78, 5) is 12.8. The van der Waals surface area contributed by atoms with Gasteiger partial charge in [-0.25, -0.2) is 8.42 Å². The summed E-state index contributed by atoms with van der Waals surface area (Å²) in [5, 5.41) is 3.46. The quantitative estimate of drug-likeness (QED) is 0.505. The minimum atomic E-state index is -3.89. The van der Waals surface area contributed by atoms with Crippen molar-refractivity contribution < 1.29 is 13.2 Å². The highest BCUT2D eigenvalue weighted by Gasteiger charge is 2.25. The molecule has 0 aromatic heterocycles. The van der Waals surface area contributed by atoms with Crippen LogP contribution >= 0.6 is 23.2 Å². The number of rotatable bonds is 6. The molecule has 5 nitrogen and oxygen atoms in total. The lowest BCUT2D eigenvalue weighted by Gasteiger charge is -2.23. The SMILES string of the molecule is CCN(c1ccccc1)S(=O)(=O)c1ccc(Cl)c(C(=O)Nc2ccc(Cl)cc2C)c1. The van der Waals surface area contributed by atoms with Gasteiger partial charge in [-0.3, -0.25) is 9.10 Å². The molecule has 30 heavy (non-hydrogen) atoms. The Morgan fingerprint density at radius 3 is 2.33 bits per heavy atom. The average molecular weight is 463 g/mol. The zero-order valence-corrected chi connectivity index (χ0v) is 18.7. The number of para-hydroxylation sites is 1. The molecule has 0 bridgehead atoms. The van der Waals surface area contributed by atoms with Gasteiger partial charge in [-0.1, -0.05) is 41.4 Å². The van der Waals surface area contributed by atoms with Gasteiger partial charge in [0.15, 0.2) is 0 Å². The van der Waals surface area contributed by atoms with Gasteiger partial charge in [0.05, 0.1) is 21.2 Å². The lowest BCUT2D eigenvalue weighted by atomic mass is 10.1. The molecule has 156 valence electrons. The molecule has 0 spiro atoms. The van der Waals surface area contributed by atoms with Crippen molar-refractivity contribution in [3.63, 3.8) is 0 Å². The molecular weight excluding hydrogens is 443 g/mol. The number of carbonyl (C=O) groups is 1. The van der Waals surface area contributed by atoms with Crippen LogP contribution in [0.5, 0.6) is 0 Å². The van der Waals surface area contributed by atoms with E-state index in [2.05, 4.69) is 5.32 Å². The van der Waals surface area contributed by atoms with Gasteiger partial charge >= 0.3 is 0 Å². The summed E-state index contributed by atoms with van der Waals surface area (Å²) in [5.41, 5.74) is 1.94. The Hall–Kier alpha value is -2.54. The highest BCUT2D eigenvalue weighted by molar-refractivity contribution is 7.92. The molecule has 0 atom stereocenters. The number of nitrogens with one attached hydrogen (secondary N) is 1. The standard InChI is InChI=1S/C22H20Cl2N2O3S/c1-3-26(17-7-5-4-6-8-17)30(28,29)18-10-11-20(24)19(14-18)22(27)25-21-12-9-16(23)13-15(21)2/h4-14H,3H2,1-2H3,(H,25,27). The van der Waals surface area contributed by atoms with Gasteiger partial charge in [-0.15, -0.1) is 0 Å². The number of hydrogen-bond acceptors (Lipinski definition) is 3. The van der Waals surface area contributed by atoms with Crippen LogP contribution in [0, 0.1) is 6.92 Å². The molecule has 1 amide bonds. The molecule has 3 aromatic carbocycles. The summed E-state index contributed by atoms with van der Waals surface area (Å²) >= 11 is 12.2. The zero-order chi connectivity index (χ0) is 21.9. The fourth-order valence-electron chi connectivity index (χ4n) is 3.01. The Bertz CT molecular complexity index is 1180. The number of sulfonamides is 1. The van der Waals surface area contributed by atoms with E-state index in [1.54, 1.807) is 49.4 Å². The minimum absolute atomic E-state index is 0.0180. The number of halogens is 2. The van der Waals surface area contributed by atoms with Crippen LogP contribution in [0.4, 0.5) is 11.4 Å². The largest absolute Gasteiger partial charge is 0.322 e. The van der Waals surface area contributed by atoms with Gasteiger partial charge in [0, 0.05) is 17.3 Å². The molecule has 0 aliphatic carbocycles. The fourth-order valence-corrected chi connectivity index (χ4v) is 4.94.